The van der Waals surface area contributed by atoms with Crippen LogP contribution in [0, 0.1) is 0 Å². The minimum Gasteiger partial charge on any atom is -0.353 e. The normalized spacial score (nSPS) is 20.4. The van der Waals surface area contributed by atoms with E-state index in [1.165, 1.54) is 24.8 Å². The molecular formula is C15H22O2. The topological polar surface area (TPSA) is 18.5 Å². The van der Waals surface area contributed by atoms with Gasteiger partial charge in [0, 0.05) is 13.2 Å². The largest absolute Gasteiger partial charge is 0.353 e. The molecular weight excluding hydrogens is 212 g/mol. The maximum atomic E-state index is 5.70. The molecule has 0 spiro atoms. The van der Waals surface area contributed by atoms with Crippen molar-refractivity contribution >= 4 is 0 Å². The van der Waals surface area contributed by atoms with E-state index in [4.69, 9.17) is 9.47 Å². The van der Waals surface area contributed by atoms with Crippen molar-refractivity contribution in [2.45, 2.75) is 44.8 Å². The first-order valence-corrected chi connectivity index (χ1v) is 6.72. The smallest absolute Gasteiger partial charge is 0.157 e. The molecule has 1 aliphatic heterocycles. The number of unbranched alkanes of at least 4 members (excludes halogenated alkanes) is 1. The highest BCUT2D eigenvalue weighted by atomic mass is 16.7. The molecule has 1 aromatic rings. The number of aryl methyl sites for hydroxylation is 1. The first-order chi connectivity index (χ1) is 8.45. The van der Waals surface area contributed by atoms with Crippen molar-refractivity contribution in [3.63, 3.8) is 0 Å². The molecule has 0 saturated carbocycles. The number of hydrogen-bond donors (Lipinski definition) is 0. The molecule has 1 aliphatic rings. The molecule has 1 atom stereocenters. The van der Waals surface area contributed by atoms with Crippen molar-refractivity contribution in [1.82, 2.24) is 0 Å². The fourth-order valence-corrected chi connectivity index (χ4v) is 2.13. The molecule has 0 bridgehead atoms. The van der Waals surface area contributed by atoms with Gasteiger partial charge in [-0.3, -0.25) is 0 Å². The van der Waals surface area contributed by atoms with Crippen LogP contribution in [0.1, 0.15) is 37.7 Å². The maximum Gasteiger partial charge on any atom is 0.157 e. The van der Waals surface area contributed by atoms with Gasteiger partial charge >= 0.3 is 0 Å². The van der Waals surface area contributed by atoms with E-state index in [-0.39, 0.29) is 6.29 Å². The third-order valence-electron chi connectivity index (χ3n) is 3.14. The van der Waals surface area contributed by atoms with Gasteiger partial charge in [-0.2, -0.15) is 0 Å². The van der Waals surface area contributed by atoms with Gasteiger partial charge in [0.05, 0.1) is 0 Å². The second-order valence-electron chi connectivity index (χ2n) is 4.61. The predicted octanol–water partition coefficient (Wildman–Crippen LogP) is 3.55. The summed E-state index contributed by atoms with van der Waals surface area (Å²) in [5, 5.41) is 0. The molecule has 17 heavy (non-hydrogen) atoms. The lowest BCUT2D eigenvalue weighted by atomic mass is 10.1. The zero-order chi connectivity index (χ0) is 11.8. The SMILES string of the molecule is c1ccc(CCCCOC2CCCCO2)cc1. The zero-order valence-corrected chi connectivity index (χ0v) is 10.4. The monoisotopic (exact) mass is 234 g/mol. The van der Waals surface area contributed by atoms with E-state index < -0.39 is 0 Å². The molecule has 0 aromatic heterocycles. The Hall–Kier alpha value is -0.860. The Morgan fingerprint density at radius 1 is 1.12 bits per heavy atom. The number of rotatable bonds is 6. The molecule has 1 aromatic carbocycles. The highest BCUT2D eigenvalue weighted by Gasteiger charge is 2.13. The molecule has 1 unspecified atom stereocenters. The standard InChI is InChI=1S/C15H22O2/c1-2-8-14(9-3-1)10-4-6-12-16-15-11-5-7-13-17-15/h1-3,8-9,15H,4-7,10-13H2. The Morgan fingerprint density at radius 3 is 2.76 bits per heavy atom. The average molecular weight is 234 g/mol. The van der Waals surface area contributed by atoms with Gasteiger partial charge in [-0.15, -0.1) is 0 Å². The van der Waals surface area contributed by atoms with Crippen LogP contribution >= 0.6 is 0 Å². The van der Waals surface area contributed by atoms with Gasteiger partial charge in [0.15, 0.2) is 6.29 Å². The van der Waals surface area contributed by atoms with Gasteiger partial charge in [-0.25, -0.2) is 0 Å². The van der Waals surface area contributed by atoms with E-state index in [0.29, 0.717) is 0 Å². The summed E-state index contributed by atoms with van der Waals surface area (Å²) in [4.78, 5) is 0. The van der Waals surface area contributed by atoms with Crippen LogP contribution in [0.15, 0.2) is 30.3 Å². The van der Waals surface area contributed by atoms with E-state index in [2.05, 4.69) is 30.3 Å². The first-order valence-electron chi connectivity index (χ1n) is 6.72. The Labute approximate surface area is 104 Å². The molecule has 2 rings (SSSR count). The Morgan fingerprint density at radius 2 is 2.00 bits per heavy atom. The van der Waals surface area contributed by atoms with Crippen molar-refractivity contribution in [3.8, 4) is 0 Å². The molecule has 0 radical (unpaired) electrons. The average Bonchev–Trinajstić information content (AvgIpc) is 2.41. The Balaban J connectivity index is 1.51. The van der Waals surface area contributed by atoms with Crippen LogP contribution in [0.2, 0.25) is 0 Å². The second-order valence-corrected chi connectivity index (χ2v) is 4.61. The number of benzene rings is 1. The van der Waals surface area contributed by atoms with E-state index in [1.54, 1.807) is 0 Å². The van der Waals surface area contributed by atoms with Gasteiger partial charge < -0.3 is 9.47 Å². The highest BCUT2D eigenvalue weighted by Crippen LogP contribution is 2.14. The summed E-state index contributed by atoms with van der Waals surface area (Å²) in [7, 11) is 0. The summed E-state index contributed by atoms with van der Waals surface area (Å²) in [6.07, 6.45) is 7.03. The predicted molar refractivity (Wildman–Crippen MR) is 68.9 cm³/mol. The maximum absolute atomic E-state index is 5.70. The fourth-order valence-electron chi connectivity index (χ4n) is 2.13. The van der Waals surface area contributed by atoms with Crippen LogP contribution in [0.3, 0.4) is 0 Å². The van der Waals surface area contributed by atoms with Gasteiger partial charge in [0.2, 0.25) is 0 Å². The summed E-state index contributed by atoms with van der Waals surface area (Å²) < 4.78 is 11.2. The molecule has 2 heteroatoms. The minimum atomic E-state index is 0.0699. The molecule has 1 fully saturated rings. The van der Waals surface area contributed by atoms with E-state index in [0.717, 1.165) is 32.5 Å². The summed E-state index contributed by atoms with van der Waals surface area (Å²) in [6.45, 7) is 1.70. The molecule has 1 saturated heterocycles. The van der Waals surface area contributed by atoms with Crippen molar-refractivity contribution in [3.05, 3.63) is 35.9 Å². The highest BCUT2D eigenvalue weighted by molar-refractivity contribution is 5.14. The molecule has 2 nitrogen and oxygen atoms in total. The third kappa shape index (κ3) is 4.88. The van der Waals surface area contributed by atoms with Crippen LogP contribution in [0.25, 0.3) is 0 Å². The van der Waals surface area contributed by atoms with Crippen LogP contribution in [0.5, 0.6) is 0 Å². The molecule has 1 heterocycles. The Bertz CT molecular complexity index is 291. The summed E-state index contributed by atoms with van der Waals surface area (Å²) in [6, 6.07) is 10.6. The van der Waals surface area contributed by atoms with Crippen LogP contribution < -0.4 is 0 Å². The van der Waals surface area contributed by atoms with E-state index in [1.807, 2.05) is 0 Å². The van der Waals surface area contributed by atoms with E-state index in [9.17, 15) is 0 Å². The number of hydrogen-bond acceptors (Lipinski definition) is 2. The van der Waals surface area contributed by atoms with Crippen LogP contribution in [-0.2, 0) is 15.9 Å². The molecule has 0 aliphatic carbocycles. The van der Waals surface area contributed by atoms with Crippen molar-refractivity contribution in [2.24, 2.45) is 0 Å². The third-order valence-corrected chi connectivity index (χ3v) is 3.14. The van der Waals surface area contributed by atoms with Crippen molar-refractivity contribution in [1.29, 1.82) is 0 Å². The van der Waals surface area contributed by atoms with Crippen molar-refractivity contribution in [2.75, 3.05) is 13.2 Å². The van der Waals surface area contributed by atoms with Crippen LogP contribution in [-0.4, -0.2) is 19.5 Å². The Kier molecular flexibility index (Phi) is 5.53. The van der Waals surface area contributed by atoms with Gasteiger partial charge in [-0.05, 0) is 44.1 Å². The molecule has 94 valence electrons. The number of ether oxygens (including phenoxy) is 2. The van der Waals surface area contributed by atoms with Crippen LogP contribution in [0.4, 0.5) is 0 Å². The first kappa shape index (κ1) is 12.6. The van der Waals surface area contributed by atoms with Gasteiger partial charge in [-0.1, -0.05) is 30.3 Å². The summed E-state index contributed by atoms with van der Waals surface area (Å²) in [5.41, 5.74) is 1.42. The summed E-state index contributed by atoms with van der Waals surface area (Å²) in [5.74, 6) is 0. The molecule has 0 amide bonds. The fraction of sp³-hybridized carbons (Fsp3) is 0.600. The lowest BCUT2D eigenvalue weighted by Crippen LogP contribution is -2.22. The summed E-state index contributed by atoms with van der Waals surface area (Å²) >= 11 is 0. The lowest BCUT2D eigenvalue weighted by Gasteiger charge is -2.22. The molecule has 0 N–H and O–H groups in total. The zero-order valence-electron chi connectivity index (χ0n) is 10.4. The van der Waals surface area contributed by atoms with Gasteiger partial charge in [0.25, 0.3) is 0 Å². The van der Waals surface area contributed by atoms with Crippen molar-refractivity contribution < 1.29 is 9.47 Å². The quantitative estimate of drug-likeness (QED) is 0.701. The van der Waals surface area contributed by atoms with E-state index >= 15 is 0 Å². The van der Waals surface area contributed by atoms with Gasteiger partial charge in [0.1, 0.15) is 0 Å². The lowest BCUT2D eigenvalue weighted by molar-refractivity contribution is -0.162. The second kappa shape index (κ2) is 7.46. The minimum absolute atomic E-state index is 0.0699.